The highest BCUT2D eigenvalue weighted by Gasteiger charge is 2.44. The number of ether oxygens (including phenoxy) is 2. The average molecular weight is 397 g/mol. The average Bonchev–Trinajstić information content (AvgIpc) is 3.45. The minimum atomic E-state index is -0.776. The van der Waals surface area contributed by atoms with Crippen LogP contribution in [0.25, 0.3) is 0 Å². The van der Waals surface area contributed by atoms with Crippen molar-refractivity contribution in [2.75, 3.05) is 13.2 Å². The molecule has 1 N–H and O–H groups in total. The Morgan fingerprint density at radius 1 is 1.03 bits per heavy atom. The highest BCUT2D eigenvalue weighted by Crippen LogP contribution is 2.46. The first kappa shape index (κ1) is 21.2. The van der Waals surface area contributed by atoms with Gasteiger partial charge in [-0.25, -0.2) is 0 Å². The van der Waals surface area contributed by atoms with Gasteiger partial charge in [0.25, 0.3) is 0 Å². The molecule has 0 radical (unpaired) electrons. The van der Waals surface area contributed by atoms with Crippen LogP contribution in [0.3, 0.4) is 0 Å². The van der Waals surface area contributed by atoms with Gasteiger partial charge in [-0.05, 0) is 59.6 Å². The first-order valence-electron chi connectivity index (χ1n) is 10.3. The third kappa shape index (κ3) is 5.99. The number of hydrogen-bond donors (Lipinski definition) is 1. The van der Waals surface area contributed by atoms with E-state index in [1.165, 1.54) is 5.56 Å². The van der Waals surface area contributed by atoms with Crippen LogP contribution in [0.2, 0.25) is 0 Å². The van der Waals surface area contributed by atoms with E-state index in [9.17, 15) is 4.79 Å². The van der Waals surface area contributed by atoms with Crippen molar-refractivity contribution in [2.45, 2.75) is 58.3 Å². The van der Waals surface area contributed by atoms with E-state index in [2.05, 4.69) is 39.0 Å². The molecule has 156 valence electrons. The molecule has 0 spiro atoms. The summed E-state index contributed by atoms with van der Waals surface area (Å²) in [5.74, 6) is 0.952. The van der Waals surface area contributed by atoms with E-state index in [0.717, 1.165) is 29.9 Å². The van der Waals surface area contributed by atoms with Crippen LogP contribution in [0.15, 0.2) is 48.5 Å². The zero-order chi connectivity index (χ0) is 21.1. The van der Waals surface area contributed by atoms with E-state index in [0.29, 0.717) is 13.2 Å². The van der Waals surface area contributed by atoms with Gasteiger partial charge in [0, 0.05) is 5.41 Å². The zero-order valence-corrected chi connectivity index (χ0v) is 17.9. The second-order valence-corrected chi connectivity index (χ2v) is 9.42. The molecule has 1 aliphatic rings. The minimum Gasteiger partial charge on any atom is -0.493 e. The molecule has 1 aliphatic carbocycles. The lowest BCUT2D eigenvalue weighted by atomic mass is 9.87. The molecule has 2 aromatic rings. The van der Waals surface area contributed by atoms with Crippen molar-refractivity contribution < 1.29 is 19.4 Å². The fourth-order valence-corrected chi connectivity index (χ4v) is 3.30. The summed E-state index contributed by atoms with van der Waals surface area (Å²) >= 11 is 0. The topological polar surface area (TPSA) is 55.8 Å². The Labute approximate surface area is 173 Å². The molecule has 4 heteroatoms. The molecule has 0 bridgehead atoms. The fraction of sp³-hybridized carbons (Fsp3) is 0.480. The summed E-state index contributed by atoms with van der Waals surface area (Å²) in [6.45, 7) is 9.83. The molecule has 2 aromatic carbocycles. The van der Waals surface area contributed by atoms with Crippen LogP contribution in [0, 0.1) is 5.41 Å². The summed E-state index contributed by atoms with van der Waals surface area (Å²) in [6, 6.07) is 16.1. The van der Waals surface area contributed by atoms with Crippen molar-refractivity contribution in [3.8, 4) is 11.5 Å². The van der Waals surface area contributed by atoms with Crippen molar-refractivity contribution in [1.29, 1.82) is 0 Å². The lowest BCUT2D eigenvalue weighted by Crippen LogP contribution is -2.21. The van der Waals surface area contributed by atoms with Gasteiger partial charge in [-0.15, -0.1) is 0 Å². The van der Waals surface area contributed by atoms with Crippen LogP contribution in [0.1, 0.15) is 64.0 Å². The van der Waals surface area contributed by atoms with Crippen molar-refractivity contribution in [2.24, 2.45) is 5.41 Å². The highest BCUT2D eigenvalue weighted by molar-refractivity contribution is 5.68. The minimum absolute atomic E-state index is 0.00594. The number of aliphatic carboxylic acids is 1. The third-order valence-corrected chi connectivity index (χ3v) is 5.68. The van der Waals surface area contributed by atoms with E-state index < -0.39 is 5.97 Å². The van der Waals surface area contributed by atoms with Crippen molar-refractivity contribution in [3.63, 3.8) is 0 Å². The van der Waals surface area contributed by atoms with Gasteiger partial charge in [-0.3, -0.25) is 4.79 Å². The summed E-state index contributed by atoms with van der Waals surface area (Å²) in [4.78, 5) is 10.9. The SMILES string of the molecule is CC(CC(=O)O)c1ccc(OCC2(COc3cccc(C(C)(C)C)c3)CC2)cc1. The smallest absolute Gasteiger partial charge is 0.303 e. The number of benzene rings is 2. The van der Waals surface area contributed by atoms with Gasteiger partial charge >= 0.3 is 5.97 Å². The first-order chi connectivity index (χ1) is 13.7. The molecule has 1 saturated carbocycles. The Hall–Kier alpha value is -2.49. The number of carbonyl (C=O) groups is 1. The van der Waals surface area contributed by atoms with Gasteiger partial charge < -0.3 is 14.6 Å². The van der Waals surface area contributed by atoms with Crippen LogP contribution in [0.4, 0.5) is 0 Å². The Bertz CT molecular complexity index is 829. The Kier molecular flexibility index (Phi) is 6.21. The van der Waals surface area contributed by atoms with Crippen LogP contribution in [-0.2, 0) is 10.2 Å². The summed E-state index contributed by atoms with van der Waals surface area (Å²) in [5.41, 5.74) is 2.48. The summed E-state index contributed by atoms with van der Waals surface area (Å²) in [6.07, 6.45) is 2.36. The molecule has 0 aromatic heterocycles. The summed E-state index contributed by atoms with van der Waals surface area (Å²) in [5, 5.41) is 8.93. The summed E-state index contributed by atoms with van der Waals surface area (Å²) < 4.78 is 12.1. The van der Waals surface area contributed by atoms with Gasteiger partial charge in [0.15, 0.2) is 0 Å². The predicted molar refractivity (Wildman–Crippen MR) is 115 cm³/mol. The number of carboxylic acids is 1. The van der Waals surface area contributed by atoms with Gasteiger partial charge in [-0.2, -0.15) is 0 Å². The number of carboxylic acid groups (broad SMARTS) is 1. The van der Waals surface area contributed by atoms with Crippen LogP contribution < -0.4 is 9.47 Å². The molecule has 0 heterocycles. The summed E-state index contributed by atoms with van der Waals surface area (Å²) in [7, 11) is 0. The molecule has 1 fully saturated rings. The molecule has 3 rings (SSSR count). The van der Waals surface area contributed by atoms with Crippen LogP contribution in [-0.4, -0.2) is 24.3 Å². The molecule has 29 heavy (non-hydrogen) atoms. The van der Waals surface area contributed by atoms with E-state index in [-0.39, 0.29) is 23.2 Å². The lowest BCUT2D eigenvalue weighted by Gasteiger charge is -2.21. The normalized spacial score (nSPS) is 16.1. The zero-order valence-electron chi connectivity index (χ0n) is 17.9. The van der Waals surface area contributed by atoms with Gasteiger partial charge in [0.05, 0.1) is 19.6 Å². The maximum absolute atomic E-state index is 10.9. The quantitative estimate of drug-likeness (QED) is 0.582. The number of hydrogen-bond acceptors (Lipinski definition) is 3. The maximum Gasteiger partial charge on any atom is 0.303 e. The maximum atomic E-state index is 10.9. The van der Waals surface area contributed by atoms with Crippen LogP contribution >= 0.6 is 0 Å². The second-order valence-electron chi connectivity index (χ2n) is 9.42. The highest BCUT2D eigenvalue weighted by atomic mass is 16.5. The first-order valence-corrected chi connectivity index (χ1v) is 10.3. The molecular formula is C25H32O4. The predicted octanol–water partition coefficient (Wildman–Crippen LogP) is 5.80. The Morgan fingerprint density at radius 2 is 1.66 bits per heavy atom. The number of rotatable bonds is 9. The molecule has 0 saturated heterocycles. The second kappa shape index (κ2) is 8.48. The molecule has 0 aliphatic heterocycles. The van der Waals surface area contributed by atoms with E-state index >= 15 is 0 Å². The third-order valence-electron chi connectivity index (χ3n) is 5.68. The van der Waals surface area contributed by atoms with E-state index in [4.69, 9.17) is 14.6 Å². The van der Waals surface area contributed by atoms with Crippen molar-refractivity contribution in [3.05, 3.63) is 59.7 Å². The molecule has 1 atom stereocenters. The van der Waals surface area contributed by atoms with Gasteiger partial charge in [-0.1, -0.05) is 52.0 Å². The molecular weight excluding hydrogens is 364 g/mol. The van der Waals surface area contributed by atoms with Gasteiger partial charge in [0.1, 0.15) is 11.5 Å². The van der Waals surface area contributed by atoms with Crippen LogP contribution in [0.5, 0.6) is 11.5 Å². The Morgan fingerprint density at radius 3 is 2.21 bits per heavy atom. The van der Waals surface area contributed by atoms with Crippen molar-refractivity contribution >= 4 is 5.97 Å². The molecule has 0 amide bonds. The van der Waals surface area contributed by atoms with Gasteiger partial charge in [0.2, 0.25) is 0 Å². The monoisotopic (exact) mass is 396 g/mol. The van der Waals surface area contributed by atoms with E-state index in [1.807, 2.05) is 37.3 Å². The van der Waals surface area contributed by atoms with E-state index in [1.54, 1.807) is 0 Å². The lowest BCUT2D eigenvalue weighted by molar-refractivity contribution is -0.137. The largest absolute Gasteiger partial charge is 0.493 e. The standard InChI is InChI=1S/C25H32O4/c1-18(14-23(26)27)19-8-10-21(11-9-19)28-16-25(12-13-25)17-29-22-7-5-6-20(15-22)24(2,3)4/h5-11,15,18H,12-14,16-17H2,1-4H3,(H,26,27). The molecule has 4 nitrogen and oxygen atoms in total. The Balaban J connectivity index is 1.52. The van der Waals surface area contributed by atoms with Crippen molar-refractivity contribution in [1.82, 2.24) is 0 Å². The molecule has 1 unspecified atom stereocenters. The fourth-order valence-electron chi connectivity index (χ4n) is 3.30.